The number of halogens is 1. The summed E-state index contributed by atoms with van der Waals surface area (Å²) in [5.41, 5.74) is 1.15. The molecular formula is C15H22ClN3O4S. The van der Waals surface area contributed by atoms with E-state index in [0.29, 0.717) is 18.9 Å². The van der Waals surface area contributed by atoms with Crippen LogP contribution in [-0.4, -0.2) is 72.4 Å². The minimum absolute atomic E-state index is 0.281. The van der Waals surface area contributed by atoms with E-state index in [2.05, 4.69) is 4.90 Å². The second kappa shape index (κ2) is 7.58. The van der Waals surface area contributed by atoms with Crippen molar-refractivity contribution in [2.75, 3.05) is 62.4 Å². The van der Waals surface area contributed by atoms with Crippen molar-refractivity contribution in [3.8, 4) is 0 Å². The largest absolute Gasteiger partial charge is 0.378 e. The summed E-state index contributed by atoms with van der Waals surface area (Å²) in [5.74, 6) is -0.326. The maximum Gasteiger partial charge on any atom is 0.242 e. The zero-order chi connectivity index (χ0) is 17.9. The normalized spacial score (nSPS) is 15.2. The van der Waals surface area contributed by atoms with Gasteiger partial charge in [-0.15, -0.1) is 0 Å². The standard InChI is InChI=1S/C15H22ClN3O4S/c1-17(2)15(20)11-19(24(3,21)22)14-10-12(4-5-13(14)16)18-6-8-23-9-7-18/h4-5,10H,6-9,11H2,1-3H3. The molecule has 2 rings (SSSR count). The van der Waals surface area contributed by atoms with Gasteiger partial charge in [0.25, 0.3) is 0 Å². The lowest BCUT2D eigenvalue weighted by Crippen LogP contribution is -2.40. The number of rotatable bonds is 5. The van der Waals surface area contributed by atoms with Gasteiger partial charge in [-0.25, -0.2) is 8.42 Å². The monoisotopic (exact) mass is 375 g/mol. The van der Waals surface area contributed by atoms with Crippen LogP contribution in [0.15, 0.2) is 18.2 Å². The van der Waals surface area contributed by atoms with Crippen molar-refractivity contribution in [3.05, 3.63) is 23.2 Å². The van der Waals surface area contributed by atoms with Gasteiger partial charge < -0.3 is 14.5 Å². The second-order valence-corrected chi connectivity index (χ2v) is 8.11. The average Bonchev–Trinajstić information content (AvgIpc) is 2.53. The first-order chi connectivity index (χ1) is 11.2. The molecule has 1 aromatic rings. The molecule has 0 radical (unpaired) electrons. The van der Waals surface area contributed by atoms with Crippen molar-refractivity contribution in [2.45, 2.75) is 0 Å². The second-order valence-electron chi connectivity index (χ2n) is 5.79. The molecule has 0 N–H and O–H groups in total. The molecule has 1 saturated heterocycles. The topological polar surface area (TPSA) is 70.2 Å². The van der Waals surface area contributed by atoms with E-state index in [-0.39, 0.29) is 17.5 Å². The third-order valence-corrected chi connectivity index (χ3v) is 5.20. The Morgan fingerprint density at radius 1 is 1.29 bits per heavy atom. The number of amides is 1. The maximum atomic E-state index is 12.2. The molecular weight excluding hydrogens is 354 g/mol. The predicted molar refractivity (Wildman–Crippen MR) is 95.4 cm³/mol. The molecule has 9 heteroatoms. The quantitative estimate of drug-likeness (QED) is 0.768. The Labute approximate surface area is 147 Å². The zero-order valence-electron chi connectivity index (χ0n) is 14.0. The molecule has 0 bridgehead atoms. The summed E-state index contributed by atoms with van der Waals surface area (Å²) < 4.78 is 30.8. The van der Waals surface area contributed by atoms with Crippen molar-refractivity contribution in [1.29, 1.82) is 0 Å². The van der Waals surface area contributed by atoms with Crippen LogP contribution in [0.5, 0.6) is 0 Å². The van der Waals surface area contributed by atoms with Crippen molar-refractivity contribution >= 4 is 38.9 Å². The molecule has 0 spiro atoms. The highest BCUT2D eigenvalue weighted by molar-refractivity contribution is 7.92. The molecule has 1 aromatic carbocycles. The Morgan fingerprint density at radius 3 is 2.46 bits per heavy atom. The number of hydrogen-bond acceptors (Lipinski definition) is 5. The minimum atomic E-state index is -3.66. The number of sulfonamides is 1. The molecule has 0 atom stereocenters. The average molecular weight is 376 g/mol. The Morgan fingerprint density at radius 2 is 1.92 bits per heavy atom. The van der Waals surface area contributed by atoms with Gasteiger partial charge >= 0.3 is 0 Å². The Balaban J connectivity index is 2.39. The summed E-state index contributed by atoms with van der Waals surface area (Å²) in [5, 5.41) is 0.281. The first-order valence-electron chi connectivity index (χ1n) is 7.50. The highest BCUT2D eigenvalue weighted by atomic mass is 35.5. The molecule has 0 aliphatic carbocycles. The number of likely N-dealkylation sites (N-methyl/N-ethyl adjacent to an activating group) is 1. The lowest BCUT2D eigenvalue weighted by atomic mass is 10.2. The van der Waals surface area contributed by atoms with E-state index < -0.39 is 10.0 Å². The number of benzene rings is 1. The van der Waals surface area contributed by atoms with Gasteiger partial charge in [0.1, 0.15) is 6.54 Å². The maximum absolute atomic E-state index is 12.2. The van der Waals surface area contributed by atoms with Crippen LogP contribution in [0.3, 0.4) is 0 Å². The van der Waals surface area contributed by atoms with E-state index in [0.717, 1.165) is 29.3 Å². The van der Waals surface area contributed by atoms with E-state index in [9.17, 15) is 13.2 Å². The summed E-state index contributed by atoms with van der Waals surface area (Å²) >= 11 is 6.22. The van der Waals surface area contributed by atoms with Crippen molar-refractivity contribution in [2.24, 2.45) is 0 Å². The lowest BCUT2D eigenvalue weighted by molar-refractivity contribution is -0.127. The molecule has 1 fully saturated rings. The van der Waals surface area contributed by atoms with Crippen LogP contribution in [0.4, 0.5) is 11.4 Å². The van der Waals surface area contributed by atoms with Crippen LogP contribution in [0.1, 0.15) is 0 Å². The van der Waals surface area contributed by atoms with Crippen LogP contribution in [-0.2, 0) is 19.6 Å². The molecule has 1 heterocycles. The summed E-state index contributed by atoms with van der Waals surface area (Å²) in [7, 11) is -0.502. The summed E-state index contributed by atoms with van der Waals surface area (Å²) in [6.07, 6.45) is 1.06. The number of morpholine rings is 1. The molecule has 1 aliphatic heterocycles. The number of hydrogen-bond donors (Lipinski definition) is 0. The number of anilines is 2. The number of ether oxygens (including phenoxy) is 1. The molecule has 1 amide bonds. The van der Waals surface area contributed by atoms with Crippen molar-refractivity contribution in [3.63, 3.8) is 0 Å². The molecule has 24 heavy (non-hydrogen) atoms. The van der Waals surface area contributed by atoms with E-state index in [1.54, 1.807) is 26.2 Å². The van der Waals surface area contributed by atoms with Crippen LogP contribution in [0.2, 0.25) is 5.02 Å². The molecule has 0 unspecified atom stereocenters. The van der Waals surface area contributed by atoms with E-state index in [1.807, 2.05) is 6.07 Å². The highest BCUT2D eigenvalue weighted by Gasteiger charge is 2.25. The van der Waals surface area contributed by atoms with Crippen LogP contribution >= 0.6 is 11.6 Å². The van der Waals surface area contributed by atoms with E-state index in [1.165, 1.54) is 4.90 Å². The third kappa shape index (κ3) is 4.52. The SMILES string of the molecule is CN(C)C(=O)CN(c1cc(N2CCOCC2)ccc1Cl)S(C)(=O)=O. The molecule has 134 valence electrons. The van der Waals surface area contributed by atoms with Gasteiger partial charge in [-0.1, -0.05) is 11.6 Å². The third-order valence-electron chi connectivity index (χ3n) is 3.75. The summed E-state index contributed by atoms with van der Waals surface area (Å²) in [4.78, 5) is 15.5. The number of nitrogens with zero attached hydrogens (tertiary/aromatic N) is 3. The van der Waals surface area contributed by atoms with Crippen molar-refractivity contribution in [1.82, 2.24) is 4.90 Å². The van der Waals surface area contributed by atoms with Crippen LogP contribution in [0.25, 0.3) is 0 Å². The lowest BCUT2D eigenvalue weighted by Gasteiger charge is -2.31. The van der Waals surface area contributed by atoms with Gasteiger partial charge in [0.2, 0.25) is 15.9 Å². The van der Waals surface area contributed by atoms with Crippen LogP contribution < -0.4 is 9.21 Å². The zero-order valence-corrected chi connectivity index (χ0v) is 15.6. The highest BCUT2D eigenvalue weighted by Crippen LogP contribution is 2.32. The summed E-state index contributed by atoms with van der Waals surface area (Å²) in [6, 6.07) is 5.20. The smallest absolute Gasteiger partial charge is 0.242 e. The van der Waals surface area contributed by atoms with Crippen molar-refractivity contribution < 1.29 is 17.9 Å². The van der Waals surface area contributed by atoms with Gasteiger partial charge in [0, 0.05) is 32.9 Å². The predicted octanol–water partition coefficient (Wildman–Crippen LogP) is 1.03. The van der Waals surface area contributed by atoms with Gasteiger partial charge in [-0.05, 0) is 18.2 Å². The minimum Gasteiger partial charge on any atom is -0.378 e. The van der Waals surface area contributed by atoms with Gasteiger partial charge in [0.05, 0.1) is 30.2 Å². The number of carbonyl (C=O) groups excluding carboxylic acids is 1. The molecule has 0 saturated carbocycles. The fraction of sp³-hybridized carbons (Fsp3) is 0.533. The van der Waals surface area contributed by atoms with Gasteiger partial charge in [-0.3, -0.25) is 9.10 Å². The molecule has 7 nitrogen and oxygen atoms in total. The van der Waals surface area contributed by atoms with Gasteiger partial charge in [0.15, 0.2) is 0 Å². The van der Waals surface area contributed by atoms with E-state index >= 15 is 0 Å². The van der Waals surface area contributed by atoms with Crippen LogP contribution in [0, 0.1) is 0 Å². The fourth-order valence-corrected chi connectivity index (χ4v) is 3.48. The molecule has 1 aliphatic rings. The van der Waals surface area contributed by atoms with E-state index in [4.69, 9.17) is 16.3 Å². The van der Waals surface area contributed by atoms with Gasteiger partial charge in [-0.2, -0.15) is 0 Å². The Hall–Kier alpha value is -1.51. The first kappa shape index (κ1) is 18.8. The Kier molecular flexibility index (Phi) is 5.95. The molecule has 0 aromatic heterocycles. The first-order valence-corrected chi connectivity index (χ1v) is 9.73. The summed E-state index contributed by atoms with van der Waals surface area (Å²) in [6.45, 7) is 2.38. The number of carbonyl (C=O) groups is 1. The fourth-order valence-electron chi connectivity index (χ4n) is 2.36. The Bertz CT molecular complexity index is 703.